The molecule has 6 heteroatoms. The largest absolute Gasteiger partial charge is 0.352 e. The Labute approximate surface area is 160 Å². The average molecular weight is 385 g/mol. The van der Waals surface area contributed by atoms with Gasteiger partial charge in [0.25, 0.3) is 0 Å². The molecular weight excluding hydrogens is 352 g/mol. The zero-order chi connectivity index (χ0) is 18.0. The molecule has 2 aliphatic carbocycles. The number of likely N-dealkylation sites (N-methyl/N-ethyl adjacent to an activating group) is 1. The summed E-state index contributed by atoms with van der Waals surface area (Å²) in [5.74, 6) is 4.18. The van der Waals surface area contributed by atoms with Crippen LogP contribution in [0.15, 0.2) is 0 Å². The molecule has 1 spiro atoms. The normalized spacial score (nSPS) is 30.5. The predicted octanol–water partition coefficient (Wildman–Crippen LogP) is 3.36. The number of nitrogens with zero attached hydrogens (tertiary/aromatic N) is 1. The second kappa shape index (κ2) is 8.12. The highest BCUT2D eigenvalue weighted by Crippen LogP contribution is 2.64. The number of rotatable bonds is 5. The fraction of sp³-hybridized carbons (Fsp3) is 0.895. The summed E-state index contributed by atoms with van der Waals surface area (Å²) in [6.07, 6.45) is 5.93. The second-order valence-electron chi connectivity index (χ2n) is 7.99. The quantitative estimate of drug-likeness (QED) is 0.790. The van der Waals surface area contributed by atoms with Crippen LogP contribution in [-0.4, -0.2) is 51.4 Å². The first-order chi connectivity index (χ1) is 12.0. The van der Waals surface area contributed by atoms with E-state index in [1.54, 1.807) is 4.90 Å². The second-order valence-corrected chi connectivity index (χ2v) is 11.0. The maximum absolute atomic E-state index is 13.1. The van der Waals surface area contributed by atoms with E-state index in [1.807, 2.05) is 20.8 Å². The molecule has 3 fully saturated rings. The summed E-state index contributed by atoms with van der Waals surface area (Å²) in [6, 6.07) is 0.117. The van der Waals surface area contributed by atoms with E-state index in [4.69, 9.17) is 0 Å². The Hall–Kier alpha value is -0.360. The van der Waals surface area contributed by atoms with Gasteiger partial charge < -0.3 is 10.2 Å². The Morgan fingerprint density at radius 3 is 2.28 bits per heavy atom. The lowest BCUT2D eigenvalue weighted by Gasteiger charge is -2.52. The molecule has 2 unspecified atom stereocenters. The third-order valence-electron chi connectivity index (χ3n) is 5.95. The zero-order valence-electron chi connectivity index (χ0n) is 15.8. The van der Waals surface area contributed by atoms with Gasteiger partial charge in [-0.2, -0.15) is 0 Å². The molecule has 1 N–H and O–H groups in total. The van der Waals surface area contributed by atoms with Gasteiger partial charge in [-0.1, -0.05) is 6.42 Å². The summed E-state index contributed by atoms with van der Waals surface area (Å²) < 4.78 is 0.404. The molecule has 2 saturated carbocycles. The molecule has 0 aromatic rings. The molecule has 1 aliphatic heterocycles. The first-order valence-corrected chi connectivity index (χ1v) is 11.8. The molecular formula is C19H32N2O2S2. The smallest absolute Gasteiger partial charge is 0.239 e. The molecule has 1 saturated heterocycles. The van der Waals surface area contributed by atoms with Crippen molar-refractivity contribution >= 4 is 35.3 Å². The maximum Gasteiger partial charge on any atom is 0.239 e. The molecule has 4 nitrogen and oxygen atoms in total. The van der Waals surface area contributed by atoms with Crippen LogP contribution < -0.4 is 5.32 Å². The van der Waals surface area contributed by atoms with E-state index >= 15 is 0 Å². The van der Waals surface area contributed by atoms with E-state index in [2.05, 4.69) is 28.8 Å². The number of carbonyl (C=O) groups is 2. The lowest BCUT2D eigenvalue weighted by Crippen LogP contribution is -2.51. The number of amides is 2. The van der Waals surface area contributed by atoms with Crippen LogP contribution in [0.3, 0.4) is 0 Å². The highest BCUT2D eigenvalue weighted by Gasteiger charge is 2.55. The van der Waals surface area contributed by atoms with Crippen molar-refractivity contribution in [1.29, 1.82) is 0 Å². The van der Waals surface area contributed by atoms with Gasteiger partial charge in [-0.05, 0) is 58.3 Å². The van der Waals surface area contributed by atoms with E-state index < -0.39 is 0 Å². The van der Waals surface area contributed by atoms with Gasteiger partial charge in [-0.25, -0.2) is 0 Å². The summed E-state index contributed by atoms with van der Waals surface area (Å²) in [5.41, 5.74) is 0. The number of hydrogen-bond donors (Lipinski definition) is 1. The van der Waals surface area contributed by atoms with Crippen LogP contribution >= 0.6 is 23.5 Å². The Morgan fingerprint density at radius 2 is 1.76 bits per heavy atom. The molecule has 3 rings (SSSR count). The monoisotopic (exact) mass is 384 g/mol. The molecule has 142 valence electrons. The minimum atomic E-state index is -0.0421. The molecule has 0 radical (unpaired) electrons. The Morgan fingerprint density at radius 1 is 1.16 bits per heavy atom. The number of carbonyl (C=O) groups excluding carboxylic acids is 2. The molecule has 25 heavy (non-hydrogen) atoms. The fourth-order valence-corrected chi connectivity index (χ4v) is 8.89. The van der Waals surface area contributed by atoms with Crippen LogP contribution in [0.2, 0.25) is 0 Å². The van der Waals surface area contributed by atoms with Crippen LogP contribution in [0.4, 0.5) is 0 Å². The standard InChI is InChI=1S/C19H32N2O2S2/c1-4-21(12-17(22)20-13(2)3)18(23)14-10-15-6-5-7-16(11-14)19(15)24-8-9-25-19/h13-16H,4-12H2,1-3H3,(H,20,22). The first kappa shape index (κ1) is 19.4. The van der Waals surface area contributed by atoms with E-state index in [0.717, 1.165) is 12.8 Å². The van der Waals surface area contributed by atoms with Gasteiger partial charge in [0.05, 0.1) is 10.6 Å². The van der Waals surface area contributed by atoms with Gasteiger partial charge in [0, 0.05) is 30.0 Å². The van der Waals surface area contributed by atoms with Gasteiger partial charge in [-0.15, -0.1) is 23.5 Å². The minimum absolute atomic E-state index is 0.0421. The zero-order valence-corrected chi connectivity index (χ0v) is 17.4. The Balaban J connectivity index is 1.65. The van der Waals surface area contributed by atoms with Gasteiger partial charge in [0.2, 0.25) is 11.8 Å². The van der Waals surface area contributed by atoms with Crippen LogP contribution in [0.5, 0.6) is 0 Å². The van der Waals surface area contributed by atoms with Crippen molar-refractivity contribution in [2.45, 2.75) is 63.0 Å². The minimum Gasteiger partial charge on any atom is -0.352 e. The highest BCUT2D eigenvalue weighted by atomic mass is 32.2. The van der Waals surface area contributed by atoms with Crippen LogP contribution in [0.25, 0.3) is 0 Å². The van der Waals surface area contributed by atoms with Crippen LogP contribution in [-0.2, 0) is 9.59 Å². The predicted molar refractivity (Wildman–Crippen MR) is 107 cm³/mol. The van der Waals surface area contributed by atoms with Crippen LogP contribution in [0, 0.1) is 17.8 Å². The van der Waals surface area contributed by atoms with Crippen molar-refractivity contribution in [3.05, 3.63) is 0 Å². The first-order valence-electron chi connectivity index (χ1n) is 9.82. The van der Waals surface area contributed by atoms with Crippen molar-refractivity contribution in [1.82, 2.24) is 10.2 Å². The van der Waals surface area contributed by atoms with Gasteiger partial charge in [-0.3, -0.25) is 9.59 Å². The molecule has 2 amide bonds. The van der Waals surface area contributed by atoms with E-state index in [0.29, 0.717) is 22.5 Å². The van der Waals surface area contributed by atoms with Gasteiger partial charge in [0.15, 0.2) is 0 Å². The third-order valence-corrected chi connectivity index (χ3v) is 9.96. The maximum atomic E-state index is 13.1. The molecule has 3 aliphatic rings. The van der Waals surface area contributed by atoms with Crippen molar-refractivity contribution in [2.75, 3.05) is 24.6 Å². The van der Waals surface area contributed by atoms with Gasteiger partial charge >= 0.3 is 0 Å². The van der Waals surface area contributed by atoms with E-state index in [9.17, 15) is 9.59 Å². The fourth-order valence-electron chi connectivity index (χ4n) is 4.96. The molecule has 0 aromatic heterocycles. The third kappa shape index (κ3) is 4.00. The Bertz CT molecular complexity index is 490. The SMILES string of the molecule is CCN(CC(=O)NC(C)C)C(=O)C1CC2CCCC(C1)C21SCCS1. The number of hydrogen-bond acceptors (Lipinski definition) is 4. The summed E-state index contributed by atoms with van der Waals surface area (Å²) in [6.45, 7) is 6.70. The number of nitrogens with one attached hydrogen (secondary N) is 1. The summed E-state index contributed by atoms with van der Waals surface area (Å²) >= 11 is 4.35. The highest BCUT2D eigenvalue weighted by molar-refractivity contribution is 8.21. The Kier molecular flexibility index (Phi) is 6.30. The van der Waals surface area contributed by atoms with Crippen molar-refractivity contribution < 1.29 is 9.59 Å². The number of thioether (sulfide) groups is 2. The van der Waals surface area contributed by atoms with Crippen molar-refractivity contribution in [3.8, 4) is 0 Å². The molecule has 1 heterocycles. The summed E-state index contributed by atoms with van der Waals surface area (Å²) in [7, 11) is 0. The van der Waals surface area contributed by atoms with Crippen molar-refractivity contribution in [3.63, 3.8) is 0 Å². The van der Waals surface area contributed by atoms with E-state index in [1.165, 1.54) is 30.8 Å². The molecule has 2 bridgehead atoms. The van der Waals surface area contributed by atoms with Crippen molar-refractivity contribution in [2.24, 2.45) is 17.8 Å². The van der Waals surface area contributed by atoms with Crippen LogP contribution in [0.1, 0.15) is 52.9 Å². The average Bonchev–Trinajstić information content (AvgIpc) is 3.00. The topological polar surface area (TPSA) is 49.4 Å². The lowest BCUT2D eigenvalue weighted by molar-refractivity contribution is -0.141. The molecule has 2 atom stereocenters. The molecule has 0 aromatic carbocycles. The van der Waals surface area contributed by atoms with E-state index in [-0.39, 0.29) is 30.3 Å². The summed E-state index contributed by atoms with van der Waals surface area (Å²) in [4.78, 5) is 27.0. The lowest BCUT2D eigenvalue weighted by atomic mass is 9.66. The van der Waals surface area contributed by atoms with Gasteiger partial charge in [0.1, 0.15) is 0 Å². The summed E-state index contributed by atoms with van der Waals surface area (Å²) in [5, 5.41) is 2.91.